The summed E-state index contributed by atoms with van der Waals surface area (Å²) >= 11 is 0. The molecule has 0 aliphatic heterocycles. The van der Waals surface area contributed by atoms with Gasteiger partial charge in [-0.15, -0.1) is 0 Å². The molecule has 0 saturated carbocycles. The maximum Gasteiger partial charge on any atom is 0.258 e. The highest BCUT2D eigenvalue weighted by Gasteiger charge is 2.07. The normalized spacial score (nSPS) is 10.7. The third-order valence-electron chi connectivity index (χ3n) is 4.25. The van der Waals surface area contributed by atoms with Crippen LogP contribution in [0.15, 0.2) is 71.8 Å². The van der Waals surface area contributed by atoms with Crippen molar-refractivity contribution in [1.82, 2.24) is 4.57 Å². The Bertz CT molecular complexity index is 975. The van der Waals surface area contributed by atoms with E-state index in [1.165, 1.54) is 4.57 Å². The molecule has 0 saturated heterocycles. The summed E-state index contributed by atoms with van der Waals surface area (Å²) < 4.78 is 6.68. The Kier molecular flexibility index (Phi) is 5.39. The fraction of sp³-hybridized carbons (Fsp3) is 0.190. The van der Waals surface area contributed by atoms with Gasteiger partial charge < -0.3 is 19.7 Å². The van der Waals surface area contributed by atoms with Crippen molar-refractivity contribution in [3.05, 3.63) is 82.9 Å². The number of hydrogen-bond acceptors (Lipinski definition) is 4. The van der Waals surface area contributed by atoms with E-state index in [2.05, 4.69) is 11.9 Å². The van der Waals surface area contributed by atoms with Gasteiger partial charge in [0.1, 0.15) is 5.75 Å². The van der Waals surface area contributed by atoms with Crippen LogP contribution < -0.4 is 15.6 Å². The molecule has 0 aliphatic carbocycles. The van der Waals surface area contributed by atoms with Crippen molar-refractivity contribution in [1.29, 1.82) is 0 Å². The van der Waals surface area contributed by atoms with Crippen LogP contribution >= 0.6 is 0 Å². The lowest BCUT2D eigenvalue weighted by Crippen LogP contribution is -2.21. The van der Waals surface area contributed by atoms with E-state index in [-0.39, 0.29) is 18.7 Å². The van der Waals surface area contributed by atoms with Crippen LogP contribution in [0.5, 0.6) is 5.75 Å². The van der Waals surface area contributed by atoms with E-state index in [1.54, 1.807) is 19.4 Å². The molecule has 5 heteroatoms. The molecule has 0 amide bonds. The van der Waals surface area contributed by atoms with E-state index in [4.69, 9.17) is 9.84 Å². The quantitative estimate of drug-likeness (QED) is 0.687. The van der Waals surface area contributed by atoms with Gasteiger partial charge in [0.05, 0.1) is 13.7 Å². The van der Waals surface area contributed by atoms with Crippen LogP contribution in [-0.4, -0.2) is 23.4 Å². The van der Waals surface area contributed by atoms with Crippen molar-refractivity contribution in [3.8, 4) is 5.75 Å². The summed E-state index contributed by atoms with van der Waals surface area (Å²) in [4.78, 5) is 12.5. The highest BCUT2D eigenvalue weighted by atomic mass is 16.5. The summed E-state index contributed by atoms with van der Waals surface area (Å²) in [6.45, 7) is 4.33. The van der Waals surface area contributed by atoms with Crippen molar-refractivity contribution < 1.29 is 9.84 Å². The average molecular weight is 350 g/mol. The summed E-state index contributed by atoms with van der Waals surface area (Å²) in [6, 6.07) is 15.3. The van der Waals surface area contributed by atoms with Crippen LogP contribution in [0.25, 0.3) is 10.8 Å². The van der Waals surface area contributed by atoms with Crippen LogP contribution in [-0.2, 0) is 13.0 Å². The lowest BCUT2D eigenvalue weighted by atomic mass is 10.1. The van der Waals surface area contributed by atoms with Crippen molar-refractivity contribution >= 4 is 16.5 Å². The number of aliphatic hydroxyl groups excluding tert-OH is 1. The molecule has 2 aromatic carbocycles. The topological polar surface area (TPSA) is 63.5 Å². The highest BCUT2D eigenvalue weighted by molar-refractivity contribution is 5.93. The molecule has 3 rings (SSSR count). The number of nitrogens with one attached hydrogen (secondary N) is 1. The second-order valence-electron chi connectivity index (χ2n) is 6.06. The minimum Gasteiger partial charge on any atom is -0.497 e. The van der Waals surface area contributed by atoms with Crippen LogP contribution in [0.3, 0.4) is 0 Å². The zero-order valence-corrected chi connectivity index (χ0v) is 14.7. The largest absolute Gasteiger partial charge is 0.497 e. The van der Waals surface area contributed by atoms with Gasteiger partial charge >= 0.3 is 0 Å². The minimum absolute atomic E-state index is 0.0674. The van der Waals surface area contributed by atoms with Crippen molar-refractivity contribution in [2.24, 2.45) is 0 Å². The summed E-state index contributed by atoms with van der Waals surface area (Å²) in [7, 11) is 1.64. The molecule has 0 atom stereocenters. The molecule has 0 aliphatic rings. The zero-order chi connectivity index (χ0) is 18.5. The molecule has 0 spiro atoms. The third-order valence-corrected chi connectivity index (χ3v) is 4.25. The zero-order valence-electron chi connectivity index (χ0n) is 14.7. The fourth-order valence-corrected chi connectivity index (χ4v) is 2.94. The number of aromatic nitrogens is 1. The van der Waals surface area contributed by atoms with Gasteiger partial charge in [0.15, 0.2) is 0 Å². The van der Waals surface area contributed by atoms with E-state index in [1.807, 2.05) is 42.5 Å². The van der Waals surface area contributed by atoms with Crippen LogP contribution in [0.2, 0.25) is 0 Å². The first kappa shape index (κ1) is 17.8. The van der Waals surface area contributed by atoms with Crippen LogP contribution in [0.1, 0.15) is 5.56 Å². The first-order valence-corrected chi connectivity index (χ1v) is 8.43. The maximum atomic E-state index is 12.5. The van der Waals surface area contributed by atoms with Crippen molar-refractivity contribution in [3.63, 3.8) is 0 Å². The lowest BCUT2D eigenvalue weighted by Gasteiger charge is -2.13. The summed E-state index contributed by atoms with van der Waals surface area (Å²) in [5, 5.41) is 13.8. The Labute approximate surface area is 152 Å². The molecule has 0 fully saturated rings. The molecular weight excluding hydrogens is 328 g/mol. The Morgan fingerprint density at radius 1 is 1.15 bits per heavy atom. The average Bonchev–Trinajstić information content (AvgIpc) is 2.65. The van der Waals surface area contributed by atoms with E-state index in [0.717, 1.165) is 28.1 Å². The number of fused-ring (bicyclic) bond motifs is 1. The number of anilines is 1. The molecule has 3 aromatic rings. The maximum absolute atomic E-state index is 12.5. The number of aliphatic hydroxyl groups is 1. The molecule has 134 valence electrons. The number of pyridine rings is 1. The Morgan fingerprint density at radius 3 is 2.62 bits per heavy atom. The Hall–Kier alpha value is -3.05. The molecule has 2 N–H and O–H groups in total. The molecule has 1 heterocycles. The van der Waals surface area contributed by atoms with E-state index in [0.29, 0.717) is 11.8 Å². The smallest absolute Gasteiger partial charge is 0.258 e. The number of ether oxygens (including phenoxy) is 1. The predicted octanol–water partition coefficient (Wildman–Crippen LogP) is 3.17. The number of methoxy groups -OCH3 is 1. The number of benzene rings is 2. The van der Waals surface area contributed by atoms with Crippen molar-refractivity contribution in [2.45, 2.75) is 13.0 Å². The van der Waals surface area contributed by atoms with E-state index < -0.39 is 0 Å². The van der Waals surface area contributed by atoms with Gasteiger partial charge in [-0.1, -0.05) is 24.8 Å². The summed E-state index contributed by atoms with van der Waals surface area (Å²) in [5.41, 5.74) is 2.69. The first-order valence-electron chi connectivity index (χ1n) is 8.43. The number of allylic oxidation sites excluding steroid dienone is 1. The molecule has 5 nitrogen and oxygen atoms in total. The fourth-order valence-electron chi connectivity index (χ4n) is 2.94. The van der Waals surface area contributed by atoms with Gasteiger partial charge in [0, 0.05) is 41.3 Å². The van der Waals surface area contributed by atoms with Gasteiger partial charge in [-0.3, -0.25) is 4.79 Å². The van der Waals surface area contributed by atoms with Crippen molar-refractivity contribution in [2.75, 3.05) is 19.0 Å². The number of rotatable bonds is 7. The van der Waals surface area contributed by atoms with E-state index in [9.17, 15) is 4.79 Å². The number of hydrogen-bond donors (Lipinski definition) is 2. The molecule has 0 bridgehead atoms. The third kappa shape index (κ3) is 3.78. The lowest BCUT2D eigenvalue weighted by molar-refractivity contribution is 0.274. The summed E-state index contributed by atoms with van der Waals surface area (Å²) in [5.74, 6) is 0.820. The second kappa shape index (κ2) is 7.89. The van der Waals surface area contributed by atoms with Gasteiger partial charge in [-0.05, 0) is 35.9 Å². The second-order valence-corrected chi connectivity index (χ2v) is 6.06. The number of nitrogens with zero attached hydrogens (tertiary/aromatic N) is 1. The first-order chi connectivity index (χ1) is 12.6. The monoisotopic (exact) mass is 350 g/mol. The molecule has 1 aromatic heterocycles. The Morgan fingerprint density at radius 2 is 1.92 bits per heavy atom. The Balaban J connectivity index is 1.82. The highest BCUT2D eigenvalue weighted by Crippen LogP contribution is 2.23. The van der Waals surface area contributed by atoms with Crippen LogP contribution in [0.4, 0.5) is 5.69 Å². The van der Waals surface area contributed by atoms with Gasteiger partial charge in [0.25, 0.3) is 5.56 Å². The van der Waals surface area contributed by atoms with E-state index >= 15 is 0 Å². The van der Waals surface area contributed by atoms with Gasteiger partial charge in [-0.2, -0.15) is 0 Å². The standard InChI is InChI=1S/C21H22N2O3/c1-15(14-16-6-8-17(26-2)9-7-16)22-20-5-3-4-19-18(20)10-11-23(12-13-24)21(19)25/h3-11,22,24H,1,12-14H2,2H3. The molecular formula is C21H22N2O3. The SMILES string of the molecule is C=C(Cc1ccc(OC)cc1)Nc1cccc2c(=O)n(CCO)ccc12. The minimum atomic E-state index is -0.110. The van der Waals surface area contributed by atoms with Gasteiger partial charge in [0.2, 0.25) is 0 Å². The summed E-state index contributed by atoms with van der Waals surface area (Å²) in [6.07, 6.45) is 2.38. The predicted molar refractivity (Wildman–Crippen MR) is 105 cm³/mol. The van der Waals surface area contributed by atoms with Crippen LogP contribution in [0, 0.1) is 0 Å². The molecule has 0 unspecified atom stereocenters. The van der Waals surface area contributed by atoms with Gasteiger partial charge in [-0.25, -0.2) is 0 Å². The molecule has 0 radical (unpaired) electrons. The molecule has 26 heavy (non-hydrogen) atoms.